The van der Waals surface area contributed by atoms with Crippen LogP contribution in [0, 0.1) is 0 Å². The number of anilines is 1. The van der Waals surface area contributed by atoms with Gasteiger partial charge in [-0.1, -0.05) is 23.7 Å². The summed E-state index contributed by atoms with van der Waals surface area (Å²) in [7, 11) is -2.59. The van der Waals surface area contributed by atoms with Crippen LogP contribution in [0.2, 0.25) is 5.02 Å². The Balaban J connectivity index is 1.85. The van der Waals surface area contributed by atoms with E-state index >= 15 is 0 Å². The number of aromatic nitrogens is 1. The van der Waals surface area contributed by atoms with E-state index in [0.717, 1.165) is 4.31 Å². The number of halogens is 1. The maximum Gasteiger partial charge on any atom is 0.264 e. The van der Waals surface area contributed by atoms with Gasteiger partial charge in [0.15, 0.2) is 0 Å². The van der Waals surface area contributed by atoms with Gasteiger partial charge in [-0.2, -0.15) is 5.10 Å². The van der Waals surface area contributed by atoms with E-state index < -0.39 is 22.5 Å². The van der Waals surface area contributed by atoms with Crippen LogP contribution in [0.15, 0.2) is 82.9 Å². The normalized spacial score (nSPS) is 11.3. The lowest BCUT2D eigenvalue weighted by Gasteiger charge is -2.24. The second-order valence-electron chi connectivity index (χ2n) is 6.21. The van der Waals surface area contributed by atoms with Crippen LogP contribution in [0.5, 0.6) is 5.75 Å². The highest BCUT2D eigenvalue weighted by Crippen LogP contribution is 2.27. The SMILES string of the molecule is COc1ccc(S(=O)(=O)N(CC(=O)N/N=C\c2ccccn2)c2cccc(Cl)c2)cc1. The second-order valence-corrected chi connectivity index (χ2v) is 8.51. The molecule has 3 rings (SSSR count). The number of carbonyl (C=O) groups excluding carboxylic acids is 1. The van der Waals surface area contributed by atoms with Crippen molar-refractivity contribution >= 4 is 39.4 Å². The van der Waals surface area contributed by atoms with Gasteiger partial charge >= 0.3 is 0 Å². The molecule has 0 saturated heterocycles. The van der Waals surface area contributed by atoms with Crippen LogP contribution in [-0.2, 0) is 14.8 Å². The highest BCUT2D eigenvalue weighted by molar-refractivity contribution is 7.92. The largest absolute Gasteiger partial charge is 0.497 e. The molecule has 2 aromatic carbocycles. The fourth-order valence-corrected chi connectivity index (χ4v) is 4.21. The molecular weight excluding hydrogens is 440 g/mol. The molecule has 0 aliphatic rings. The van der Waals surface area contributed by atoms with E-state index in [1.807, 2.05) is 0 Å². The number of hydrogen-bond acceptors (Lipinski definition) is 6. The molecule has 0 aliphatic heterocycles. The first kappa shape index (κ1) is 22.3. The number of hydrazone groups is 1. The van der Waals surface area contributed by atoms with Crippen molar-refractivity contribution in [2.24, 2.45) is 5.10 Å². The Morgan fingerprint density at radius 3 is 2.58 bits per heavy atom. The smallest absolute Gasteiger partial charge is 0.264 e. The number of methoxy groups -OCH3 is 1. The molecule has 0 saturated carbocycles. The Morgan fingerprint density at radius 1 is 1.16 bits per heavy atom. The van der Waals surface area contributed by atoms with Gasteiger partial charge in [-0.25, -0.2) is 13.8 Å². The molecule has 1 N–H and O–H groups in total. The van der Waals surface area contributed by atoms with Crippen molar-refractivity contribution in [1.82, 2.24) is 10.4 Å². The molecule has 1 aromatic heterocycles. The number of ether oxygens (including phenoxy) is 1. The number of hydrogen-bond donors (Lipinski definition) is 1. The van der Waals surface area contributed by atoms with Crippen LogP contribution in [0.3, 0.4) is 0 Å². The molecule has 3 aromatic rings. The molecule has 31 heavy (non-hydrogen) atoms. The number of sulfonamides is 1. The average molecular weight is 459 g/mol. The Morgan fingerprint density at radius 2 is 1.94 bits per heavy atom. The molecule has 0 radical (unpaired) electrons. The van der Waals surface area contributed by atoms with Crippen LogP contribution in [-0.4, -0.2) is 39.2 Å². The molecule has 0 fully saturated rings. The van der Waals surface area contributed by atoms with Gasteiger partial charge in [-0.15, -0.1) is 0 Å². The minimum atomic E-state index is -4.07. The topological polar surface area (TPSA) is 101 Å². The van der Waals surface area contributed by atoms with Crippen molar-refractivity contribution in [2.45, 2.75) is 4.90 Å². The molecule has 1 heterocycles. The summed E-state index contributed by atoms with van der Waals surface area (Å²) in [5, 5.41) is 4.17. The first-order valence-corrected chi connectivity index (χ1v) is 10.9. The first-order valence-electron chi connectivity index (χ1n) is 9.05. The van der Waals surface area contributed by atoms with E-state index in [1.165, 1.54) is 43.7 Å². The molecule has 0 atom stereocenters. The predicted molar refractivity (Wildman–Crippen MR) is 119 cm³/mol. The van der Waals surface area contributed by atoms with Gasteiger partial charge in [0.05, 0.1) is 29.6 Å². The standard InChI is InChI=1S/C21H19ClN4O4S/c1-30-19-8-10-20(11-9-19)31(28,29)26(18-7-4-5-16(22)13-18)15-21(27)25-24-14-17-6-2-3-12-23-17/h2-14H,15H2,1H3,(H,25,27)/b24-14-. The maximum absolute atomic E-state index is 13.3. The third kappa shape index (κ3) is 5.80. The molecule has 1 amide bonds. The van der Waals surface area contributed by atoms with Crippen LogP contribution in [0.1, 0.15) is 5.69 Å². The molecule has 0 aliphatic carbocycles. The summed E-state index contributed by atoms with van der Waals surface area (Å²) in [5.74, 6) is -0.126. The van der Waals surface area contributed by atoms with Crippen molar-refractivity contribution in [3.63, 3.8) is 0 Å². The van der Waals surface area contributed by atoms with E-state index in [0.29, 0.717) is 16.5 Å². The fourth-order valence-electron chi connectivity index (χ4n) is 2.61. The Hall–Kier alpha value is -3.43. The van der Waals surface area contributed by atoms with Crippen LogP contribution in [0.25, 0.3) is 0 Å². The van der Waals surface area contributed by atoms with Gasteiger partial charge in [0.1, 0.15) is 12.3 Å². The first-order chi connectivity index (χ1) is 14.9. The van der Waals surface area contributed by atoms with Crippen molar-refractivity contribution < 1.29 is 17.9 Å². The second kappa shape index (κ2) is 10.1. The highest BCUT2D eigenvalue weighted by atomic mass is 35.5. The molecule has 0 unspecified atom stereocenters. The predicted octanol–water partition coefficient (Wildman–Crippen LogP) is 3.09. The number of pyridine rings is 1. The van der Waals surface area contributed by atoms with E-state index in [1.54, 1.807) is 42.6 Å². The number of carbonyl (C=O) groups is 1. The number of nitrogens with one attached hydrogen (secondary N) is 1. The summed E-state index contributed by atoms with van der Waals surface area (Å²) in [6, 6.07) is 17.3. The number of amides is 1. The summed E-state index contributed by atoms with van der Waals surface area (Å²) < 4.78 is 32.6. The highest BCUT2D eigenvalue weighted by Gasteiger charge is 2.27. The monoisotopic (exact) mass is 458 g/mol. The van der Waals surface area contributed by atoms with Gasteiger partial charge in [-0.3, -0.25) is 14.1 Å². The molecule has 10 heteroatoms. The van der Waals surface area contributed by atoms with Gasteiger partial charge in [0.25, 0.3) is 15.9 Å². The molecule has 0 spiro atoms. The van der Waals surface area contributed by atoms with Gasteiger partial charge in [0.2, 0.25) is 0 Å². The summed E-state index contributed by atoms with van der Waals surface area (Å²) >= 11 is 6.04. The summed E-state index contributed by atoms with van der Waals surface area (Å²) in [4.78, 5) is 16.5. The lowest BCUT2D eigenvalue weighted by Crippen LogP contribution is -2.39. The summed E-state index contributed by atoms with van der Waals surface area (Å²) in [5.41, 5.74) is 3.10. The molecular formula is C21H19ClN4O4S. The van der Waals surface area contributed by atoms with Gasteiger partial charge in [0, 0.05) is 11.2 Å². The summed E-state index contributed by atoms with van der Waals surface area (Å²) in [6.07, 6.45) is 2.95. The third-order valence-corrected chi connectivity index (χ3v) is 6.13. The van der Waals surface area contributed by atoms with Crippen LogP contribution >= 0.6 is 11.6 Å². The lowest BCUT2D eigenvalue weighted by molar-refractivity contribution is -0.119. The van der Waals surface area contributed by atoms with Crippen molar-refractivity contribution in [1.29, 1.82) is 0 Å². The quantitative estimate of drug-likeness (QED) is 0.413. The molecule has 160 valence electrons. The lowest BCUT2D eigenvalue weighted by atomic mass is 10.3. The minimum absolute atomic E-state index is 0.00179. The Kier molecular flexibility index (Phi) is 7.22. The van der Waals surface area contributed by atoms with Crippen LogP contribution < -0.4 is 14.5 Å². The maximum atomic E-state index is 13.3. The number of nitrogens with zero attached hydrogens (tertiary/aromatic N) is 3. The zero-order valence-corrected chi connectivity index (χ0v) is 18.0. The third-order valence-electron chi connectivity index (χ3n) is 4.10. The van der Waals surface area contributed by atoms with Crippen LogP contribution in [0.4, 0.5) is 5.69 Å². The minimum Gasteiger partial charge on any atom is -0.497 e. The average Bonchev–Trinajstić information content (AvgIpc) is 2.78. The molecule has 8 nitrogen and oxygen atoms in total. The fraction of sp³-hybridized carbons (Fsp3) is 0.0952. The van der Waals surface area contributed by atoms with Gasteiger partial charge < -0.3 is 4.74 Å². The van der Waals surface area contributed by atoms with Crippen molar-refractivity contribution in [2.75, 3.05) is 18.0 Å². The number of rotatable bonds is 8. The molecule has 0 bridgehead atoms. The van der Waals surface area contributed by atoms with E-state index in [9.17, 15) is 13.2 Å². The Labute approximate surface area is 185 Å². The van der Waals surface area contributed by atoms with Crippen molar-refractivity contribution in [3.05, 3.63) is 83.6 Å². The van der Waals surface area contributed by atoms with E-state index in [-0.39, 0.29) is 10.6 Å². The zero-order valence-electron chi connectivity index (χ0n) is 16.5. The summed E-state index contributed by atoms with van der Waals surface area (Å²) in [6.45, 7) is -0.506. The van der Waals surface area contributed by atoms with Gasteiger partial charge in [-0.05, 0) is 54.6 Å². The Bertz CT molecular complexity index is 1170. The van der Waals surface area contributed by atoms with E-state index in [4.69, 9.17) is 16.3 Å². The number of benzene rings is 2. The zero-order chi connectivity index (χ0) is 22.3. The van der Waals surface area contributed by atoms with Crippen molar-refractivity contribution in [3.8, 4) is 5.75 Å². The van der Waals surface area contributed by atoms with E-state index in [2.05, 4.69) is 15.5 Å².